The monoisotopic (exact) mass is 343 g/mol. The molecule has 2 rings (SSSR count). The van der Waals surface area contributed by atoms with Crippen LogP contribution in [0.4, 0.5) is 13.2 Å². The van der Waals surface area contributed by atoms with Crippen molar-refractivity contribution in [2.45, 2.75) is 31.9 Å². The molecular weight excluding hydrogens is 323 g/mol. The van der Waals surface area contributed by atoms with Crippen molar-refractivity contribution in [2.24, 2.45) is 17.6 Å². The maximum absolute atomic E-state index is 12.7. The minimum absolute atomic E-state index is 0.0823. The van der Waals surface area contributed by atoms with Crippen LogP contribution in [-0.4, -0.2) is 18.5 Å². The number of carbonyl (C=O) groups is 1. The number of rotatable bonds is 4. The number of esters is 1. The molecule has 5 nitrogen and oxygen atoms in total. The predicted octanol–water partition coefficient (Wildman–Crippen LogP) is 2.90. The summed E-state index contributed by atoms with van der Waals surface area (Å²) in [4.78, 5) is 12.1. The number of guanidine groups is 1. The van der Waals surface area contributed by atoms with Crippen LogP contribution in [-0.2, 0) is 11.0 Å². The van der Waals surface area contributed by atoms with Gasteiger partial charge in [-0.2, -0.15) is 13.2 Å². The van der Waals surface area contributed by atoms with Gasteiger partial charge in [0, 0.05) is 6.54 Å². The van der Waals surface area contributed by atoms with Gasteiger partial charge >= 0.3 is 12.1 Å². The molecule has 0 radical (unpaired) electrons. The zero-order valence-corrected chi connectivity index (χ0v) is 13.0. The Bertz CT molecular complexity index is 596. The molecule has 0 aromatic heterocycles. The van der Waals surface area contributed by atoms with Crippen LogP contribution in [0.2, 0.25) is 0 Å². The van der Waals surface area contributed by atoms with Crippen molar-refractivity contribution >= 4 is 11.9 Å². The topological polar surface area (TPSA) is 88.2 Å². The van der Waals surface area contributed by atoms with E-state index in [-0.39, 0.29) is 17.6 Å². The summed E-state index contributed by atoms with van der Waals surface area (Å²) in [6.07, 6.45) is -1.68. The summed E-state index contributed by atoms with van der Waals surface area (Å²) >= 11 is 0. The highest BCUT2D eigenvalue weighted by molar-refractivity contribution is 5.75. The largest absolute Gasteiger partial charge is 0.426 e. The summed E-state index contributed by atoms with van der Waals surface area (Å²) in [7, 11) is 0. The van der Waals surface area contributed by atoms with Crippen LogP contribution in [0.15, 0.2) is 24.3 Å². The highest BCUT2D eigenvalue weighted by Crippen LogP contribution is 2.33. The van der Waals surface area contributed by atoms with Gasteiger partial charge in [0.2, 0.25) is 0 Å². The molecule has 0 saturated heterocycles. The minimum Gasteiger partial charge on any atom is -0.426 e. The average Bonchev–Trinajstić information content (AvgIpc) is 2.53. The molecule has 8 heteroatoms. The Balaban J connectivity index is 1.87. The third-order valence-electron chi connectivity index (χ3n) is 4.14. The van der Waals surface area contributed by atoms with E-state index >= 15 is 0 Å². The van der Waals surface area contributed by atoms with Gasteiger partial charge in [0.1, 0.15) is 5.75 Å². The lowest BCUT2D eigenvalue weighted by molar-refractivity contribution is -0.141. The van der Waals surface area contributed by atoms with E-state index in [1.165, 1.54) is 12.1 Å². The van der Waals surface area contributed by atoms with Gasteiger partial charge in [-0.15, -0.1) is 0 Å². The molecule has 0 heterocycles. The Morgan fingerprint density at radius 1 is 1.29 bits per heavy atom. The molecule has 0 bridgehead atoms. The van der Waals surface area contributed by atoms with Crippen molar-refractivity contribution in [1.29, 1.82) is 5.41 Å². The molecule has 0 atom stereocenters. The third kappa shape index (κ3) is 5.14. The van der Waals surface area contributed by atoms with Crippen LogP contribution in [0.25, 0.3) is 0 Å². The van der Waals surface area contributed by atoms with E-state index in [1.807, 2.05) is 0 Å². The Morgan fingerprint density at radius 3 is 2.54 bits per heavy atom. The summed E-state index contributed by atoms with van der Waals surface area (Å²) in [5.41, 5.74) is 4.39. The standard InChI is InChI=1S/C16H20F3N3O2/c17-16(18,19)12-2-1-3-13(8-12)24-14(23)11-6-4-10(5-7-11)9-22-15(20)21/h1-3,8,10-11H,4-7,9H2,(H4,20,21,22). The molecule has 132 valence electrons. The van der Waals surface area contributed by atoms with Crippen molar-refractivity contribution in [2.75, 3.05) is 6.54 Å². The van der Waals surface area contributed by atoms with Crippen LogP contribution >= 0.6 is 0 Å². The molecule has 1 aromatic carbocycles. The van der Waals surface area contributed by atoms with Gasteiger partial charge in [0.05, 0.1) is 11.5 Å². The van der Waals surface area contributed by atoms with Crippen molar-refractivity contribution in [3.8, 4) is 5.75 Å². The molecule has 24 heavy (non-hydrogen) atoms. The first-order valence-electron chi connectivity index (χ1n) is 7.72. The molecule has 0 amide bonds. The molecule has 1 saturated carbocycles. The Kier molecular flexibility index (Phi) is 5.69. The normalized spacial score (nSPS) is 21.1. The van der Waals surface area contributed by atoms with Crippen LogP contribution < -0.4 is 15.8 Å². The second-order valence-corrected chi connectivity index (χ2v) is 5.96. The predicted molar refractivity (Wildman–Crippen MR) is 82.4 cm³/mol. The van der Waals surface area contributed by atoms with E-state index in [2.05, 4.69) is 5.32 Å². The quantitative estimate of drug-likeness (QED) is 0.339. The maximum Gasteiger partial charge on any atom is 0.416 e. The summed E-state index contributed by atoms with van der Waals surface area (Å²) in [5.74, 6) is -0.650. The minimum atomic E-state index is -4.47. The SMILES string of the molecule is N=C(N)NCC1CCC(C(=O)Oc2cccc(C(F)(F)F)c2)CC1. The van der Waals surface area contributed by atoms with Gasteiger partial charge in [0.15, 0.2) is 5.96 Å². The number of carbonyl (C=O) groups excluding carboxylic acids is 1. The summed E-state index contributed by atoms with van der Waals surface area (Å²) in [5, 5.41) is 9.88. The molecule has 4 N–H and O–H groups in total. The number of hydrogen-bond donors (Lipinski definition) is 3. The molecule has 1 aromatic rings. The van der Waals surface area contributed by atoms with Gasteiger partial charge < -0.3 is 15.8 Å². The van der Waals surface area contributed by atoms with Crippen molar-refractivity contribution in [3.05, 3.63) is 29.8 Å². The first-order chi connectivity index (χ1) is 11.3. The number of ether oxygens (including phenoxy) is 1. The number of benzene rings is 1. The molecule has 1 fully saturated rings. The number of nitrogens with two attached hydrogens (primary N) is 1. The first-order valence-corrected chi connectivity index (χ1v) is 7.72. The molecular formula is C16H20F3N3O2. The van der Waals surface area contributed by atoms with E-state index in [1.54, 1.807) is 0 Å². The van der Waals surface area contributed by atoms with Crippen LogP contribution in [0.1, 0.15) is 31.2 Å². The third-order valence-corrected chi connectivity index (χ3v) is 4.14. The molecule has 0 unspecified atom stereocenters. The van der Waals surface area contributed by atoms with Crippen LogP contribution in [0.5, 0.6) is 5.75 Å². The fourth-order valence-electron chi connectivity index (χ4n) is 2.79. The van der Waals surface area contributed by atoms with Gasteiger partial charge in [-0.25, -0.2) is 0 Å². The van der Waals surface area contributed by atoms with Crippen molar-refractivity contribution in [3.63, 3.8) is 0 Å². The fourth-order valence-corrected chi connectivity index (χ4v) is 2.79. The van der Waals surface area contributed by atoms with Crippen molar-refractivity contribution in [1.82, 2.24) is 5.32 Å². The van der Waals surface area contributed by atoms with Gasteiger partial charge in [0.25, 0.3) is 0 Å². The number of hydrogen-bond acceptors (Lipinski definition) is 3. The van der Waals surface area contributed by atoms with Crippen LogP contribution in [0.3, 0.4) is 0 Å². The fraction of sp³-hybridized carbons (Fsp3) is 0.500. The molecule has 1 aliphatic carbocycles. The van der Waals surface area contributed by atoms with Crippen molar-refractivity contribution < 1.29 is 22.7 Å². The van der Waals surface area contributed by atoms with E-state index < -0.39 is 17.7 Å². The highest BCUT2D eigenvalue weighted by atomic mass is 19.4. The Hall–Kier alpha value is -2.25. The van der Waals surface area contributed by atoms with Crippen LogP contribution in [0, 0.1) is 17.2 Å². The van der Waals surface area contributed by atoms with E-state index in [4.69, 9.17) is 15.9 Å². The molecule has 1 aliphatic rings. The summed E-state index contributed by atoms with van der Waals surface area (Å²) in [6, 6.07) is 4.33. The second-order valence-electron chi connectivity index (χ2n) is 5.96. The summed E-state index contributed by atoms with van der Waals surface area (Å²) in [6.45, 7) is 0.588. The van der Waals surface area contributed by atoms with Gasteiger partial charge in [-0.05, 0) is 49.8 Å². The molecule has 0 aliphatic heterocycles. The first kappa shape index (κ1) is 18.1. The number of nitrogens with one attached hydrogen (secondary N) is 2. The zero-order chi connectivity index (χ0) is 17.7. The maximum atomic E-state index is 12.7. The second kappa shape index (κ2) is 7.55. The van der Waals surface area contributed by atoms with Gasteiger partial charge in [-0.3, -0.25) is 10.2 Å². The number of alkyl halides is 3. The number of halogens is 3. The Labute approximate surface area is 137 Å². The summed E-state index contributed by atoms with van der Waals surface area (Å²) < 4.78 is 43.1. The van der Waals surface area contributed by atoms with E-state index in [9.17, 15) is 18.0 Å². The lowest BCUT2D eigenvalue weighted by Gasteiger charge is -2.27. The molecule has 0 spiro atoms. The smallest absolute Gasteiger partial charge is 0.416 e. The van der Waals surface area contributed by atoms with Gasteiger partial charge in [-0.1, -0.05) is 6.07 Å². The Morgan fingerprint density at radius 2 is 1.96 bits per heavy atom. The van der Waals surface area contributed by atoms with E-state index in [0.29, 0.717) is 25.3 Å². The zero-order valence-electron chi connectivity index (χ0n) is 13.0. The van der Waals surface area contributed by atoms with E-state index in [0.717, 1.165) is 25.0 Å². The lowest BCUT2D eigenvalue weighted by atomic mass is 9.82. The highest BCUT2D eigenvalue weighted by Gasteiger charge is 2.31. The average molecular weight is 343 g/mol. The lowest BCUT2D eigenvalue weighted by Crippen LogP contribution is -2.36.